The van der Waals surface area contributed by atoms with Crippen LogP contribution in [-0.2, 0) is 4.79 Å². The molecule has 0 radical (unpaired) electrons. The van der Waals surface area contributed by atoms with Crippen LogP contribution in [-0.4, -0.2) is 54.5 Å². The van der Waals surface area contributed by atoms with E-state index in [9.17, 15) is 9.90 Å². The number of carboxylic acids is 1. The van der Waals surface area contributed by atoms with Crippen LogP contribution < -0.4 is 0 Å². The maximum atomic E-state index is 10.4. The maximum Gasteiger partial charge on any atom is 0.333 e. The van der Waals surface area contributed by atoms with E-state index in [1.165, 1.54) is 0 Å². The molecule has 2 N–H and O–H groups in total. The molecule has 1 atom stereocenters. The van der Waals surface area contributed by atoms with Crippen molar-refractivity contribution in [3.05, 3.63) is 12.2 Å². The summed E-state index contributed by atoms with van der Waals surface area (Å²) >= 11 is 0. The van der Waals surface area contributed by atoms with Gasteiger partial charge in [0.15, 0.2) is 0 Å². The molecule has 0 aliphatic rings. The fourth-order valence-corrected chi connectivity index (χ4v) is 0.772. The third-order valence-corrected chi connectivity index (χ3v) is 1.40. The van der Waals surface area contributed by atoms with Crippen LogP contribution >= 0.6 is 0 Å². The molecule has 0 fully saturated rings. The average molecular weight is 174 g/mol. The molecule has 0 amide bonds. The molecular weight excluding hydrogens is 158 g/mol. The number of aliphatic hydroxyl groups is 1. The van der Waals surface area contributed by atoms with E-state index < -0.39 is 12.1 Å². The van der Waals surface area contributed by atoms with Crippen LogP contribution in [0.1, 0.15) is 0 Å². The molecule has 0 aromatic rings. The first kappa shape index (κ1) is 11.1. The molecule has 0 bridgehead atoms. The van der Waals surface area contributed by atoms with Crippen LogP contribution in [0.3, 0.4) is 0 Å². The van der Waals surface area contributed by atoms with E-state index in [4.69, 9.17) is 5.11 Å². The number of nitrogens with zero attached hydrogens (tertiary/aromatic N) is 1. The van der Waals surface area contributed by atoms with Gasteiger partial charge in [0, 0.05) is 0 Å². The number of quaternary nitrogens is 1. The Labute approximate surface area is 72.3 Å². The van der Waals surface area contributed by atoms with Gasteiger partial charge < -0.3 is 14.7 Å². The van der Waals surface area contributed by atoms with Gasteiger partial charge >= 0.3 is 5.97 Å². The Bertz CT molecular complexity index is 193. The van der Waals surface area contributed by atoms with Crippen LogP contribution in [0.2, 0.25) is 0 Å². The molecule has 12 heavy (non-hydrogen) atoms. The number of rotatable bonds is 4. The molecule has 1 unspecified atom stereocenters. The van der Waals surface area contributed by atoms with Gasteiger partial charge in [-0.05, 0) is 0 Å². The highest BCUT2D eigenvalue weighted by atomic mass is 16.4. The zero-order valence-electron chi connectivity index (χ0n) is 7.74. The molecule has 0 rings (SSSR count). The molecule has 0 aliphatic heterocycles. The number of carboxylic acid groups (broad SMARTS) is 1. The third kappa shape index (κ3) is 4.10. The summed E-state index contributed by atoms with van der Waals surface area (Å²) in [5, 5.41) is 17.8. The topological polar surface area (TPSA) is 57.5 Å². The van der Waals surface area contributed by atoms with E-state index in [0.717, 1.165) is 0 Å². The minimum absolute atomic E-state index is 0.150. The Morgan fingerprint density at radius 3 is 2.17 bits per heavy atom. The lowest BCUT2D eigenvalue weighted by molar-refractivity contribution is -0.872. The molecule has 0 aromatic heterocycles. The summed E-state index contributed by atoms with van der Waals surface area (Å²) in [6.07, 6.45) is -0.970. The first-order chi connectivity index (χ1) is 5.24. The van der Waals surface area contributed by atoms with Crippen molar-refractivity contribution in [2.45, 2.75) is 6.10 Å². The Kier molecular flexibility index (Phi) is 3.42. The lowest BCUT2D eigenvalue weighted by Crippen LogP contribution is -2.42. The fraction of sp³-hybridized carbons (Fsp3) is 0.625. The minimum Gasteiger partial charge on any atom is -0.478 e. The number of likely N-dealkylation sites (N-methyl/N-ethyl adjacent to an activating group) is 1. The molecule has 0 heterocycles. The Morgan fingerprint density at radius 2 is 1.92 bits per heavy atom. The highest BCUT2D eigenvalue weighted by Crippen LogP contribution is 2.03. The largest absolute Gasteiger partial charge is 0.478 e. The van der Waals surface area contributed by atoms with Crippen molar-refractivity contribution < 1.29 is 19.5 Å². The van der Waals surface area contributed by atoms with Crippen molar-refractivity contribution in [3.63, 3.8) is 0 Å². The van der Waals surface area contributed by atoms with Gasteiger partial charge in [0.1, 0.15) is 12.6 Å². The molecule has 0 aromatic carbocycles. The number of carbonyl (C=O) groups is 1. The molecule has 0 spiro atoms. The van der Waals surface area contributed by atoms with Crippen LogP contribution in [0, 0.1) is 0 Å². The van der Waals surface area contributed by atoms with E-state index in [-0.39, 0.29) is 5.57 Å². The zero-order valence-corrected chi connectivity index (χ0v) is 7.74. The molecule has 0 saturated heterocycles. The number of hydrogen-bond acceptors (Lipinski definition) is 2. The van der Waals surface area contributed by atoms with Gasteiger partial charge in [-0.15, -0.1) is 0 Å². The quantitative estimate of drug-likeness (QED) is 0.454. The molecule has 70 valence electrons. The smallest absolute Gasteiger partial charge is 0.333 e. The lowest BCUT2D eigenvalue weighted by Gasteiger charge is -2.26. The summed E-state index contributed by atoms with van der Waals surface area (Å²) in [7, 11) is 5.62. The van der Waals surface area contributed by atoms with Crippen LogP contribution in [0.5, 0.6) is 0 Å². The predicted octanol–water partition coefficient (Wildman–Crippen LogP) is -0.306. The summed E-state index contributed by atoms with van der Waals surface area (Å²) in [6, 6.07) is 0. The van der Waals surface area contributed by atoms with E-state index >= 15 is 0 Å². The van der Waals surface area contributed by atoms with Gasteiger partial charge in [-0.1, -0.05) is 6.58 Å². The van der Waals surface area contributed by atoms with E-state index in [0.29, 0.717) is 11.0 Å². The minimum atomic E-state index is -1.14. The molecule has 4 heteroatoms. The number of aliphatic hydroxyl groups excluding tert-OH is 1. The molecular formula is C8H16NO3+. The summed E-state index contributed by atoms with van der Waals surface area (Å²) < 4.78 is 0.507. The molecule has 4 nitrogen and oxygen atoms in total. The van der Waals surface area contributed by atoms with Gasteiger partial charge in [-0.2, -0.15) is 0 Å². The van der Waals surface area contributed by atoms with Crippen LogP contribution in [0.25, 0.3) is 0 Å². The Hall–Kier alpha value is -0.870. The zero-order chi connectivity index (χ0) is 9.94. The van der Waals surface area contributed by atoms with Crippen molar-refractivity contribution >= 4 is 5.97 Å². The van der Waals surface area contributed by atoms with Gasteiger partial charge in [0.05, 0.1) is 26.7 Å². The fourth-order valence-electron chi connectivity index (χ4n) is 0.772. The summed E-state index contributed by atoms with van der Waals surface area (Å²) in [5.41, 5.74) is -0.150. The first-order valence-corrected chi connectivity index (χ1v) is 3.64. The van der Waals surface area contributed by atoms with Crippen LogP contribution in [0.4, 0.5) is 0 Å². The van der Waals surface area contributed by atoms with Gasteiger partial charge in [0.25, 0.3) is 0 Å². The lowest BCUT2D eigenvalue weighted by atomic mass is 10.1. The van der Waals surface area contributed by atoms with Gasteiger partial charge in [-0.3, -0.25) is 0 Å². The Morgan fingerprint density at radius 1 is 1.50 bits per heavy atom. The SMILES string of the molecule is C=C(C(=O)O)C(O)C[N+](C)(C)C. The Balaban J connectivity index is 4.14. The van der Waals surface area contributed by atoms with Crippen molar-refractivity contribution in [1.82, 2.24) is 0 Å². The van der Waals surface area contributed by atoms with E-state index in [1.54, 1.807) is 0 Å². The predicted molar refractivity (Wildman–Crippen MR) is 45.7 cm³/mol. The van der Waals surface area contributed by atoms with E-state index in [1.807, 2.05) is 21.1 Å². The molecule has 0 aliphatic carbocycles. The summed E-state index contributed by atoms with van der Waals surface area (Å²) in [6.45, 7) is 3.63. The number of aliphatic carboxylic acids is 1. The summed E-state index contributed by atoms with van der Waals surface area (Å²) in [4.78, 5) is 10.4. The second-order valence-electron chi connectivity index (χ2n) is 3.82. The van der Waals surface area contributed by atoms with Crippen molar-refractivity contribution in [2.24, 2.45) is 0 Å². The standard InChI is InChI=1S/C8H15NO3/c1-6(8(11)12)7(10)5-9(2,3)4/h7,10H,1,5H2,2-4H3/p+1. The second kappa shape index (κ2) is 3.69. The normalized spacial score (nSPS) is 14.0. The molecule has 0 saturated carbocycles. The first-order valence-electron chi connectivity index (χ1n) is 3.64. The maximum absolute atomic E-state index is 10.4. The number of hydrogen-bond donors (Lipinski definition) is 2. The summed E-state index contributed by atoms with van der Waals surface area (Å²) in [5.74, 6) is -1.14. The van der Waals surface area contributed by atoms with E-state index in [2.05, 4.69) is 6.58 Å². The second-order valence-corrected chi connectivity index (χ2v) is 3.82. The van der Waals surface area contributed by atoms with Crippen molar-refractivity contribution in [3.8, 4) is 0 Å². The van der Waals surface area contributed by atoms with Gasteiger partial charge in [-0.25, -0.2) is 4.79 Å². The van der Waals surface area contributed by atoms with Gasteiger partial charge in [0.2, 0.25) is 0 Å². The monoisotopic (exact) mass is 174 g/mol. The average Bonchev–Trinajstić information content (AvgIpc) is 1.82. The van der Waals surface area contributed by atoms with Crippen LogP contribution in [0.15, 0.2) is 12.2 Å². The van der Waals surface area contributed by atoms with Crippen molar-refractivity contribution in [2.75, 3.05) is 27.7 Å². The highest BCUT2D eigenvalue weighted by molar-refractivity contribution is 5.86. The van der Waals surface area contributed by atoms with Crippen molar-refractivity contribution in [1.29, 1.82) is 0 Å². The highest BCUT2D eigenvalue weighted by Gasteiger charge is 2.21. The third-order valence-electron chi connectivity index (χ3n) is 1.40.